The van der Waals surface area contributed by atoms with Gasteiger partial charge in [-0.2, -0.15) is 0 Å². The predicted molar refractivity (Wildman–Crippen MR) is 134 cm³/mol. The lowest BCUT2D eigenvalue weighted by atomic mass is 9.80. The summed E-state index contributed by atoms with van der Waals surface area (Å²) < 4.78 is 0. The van der Waals surface area contributed by atoms with E-state index in [4.69, 9.17) is 0 Å². The molecule has 0 saturated heterocycles. The van der Waals surface area contributed by atoms with Gasteiger partial charge in [0.15, 0.2) is 0 Å². The Morgan fingerprint density at radius 3 is 1.72 bits per heavy atom. The number of hydrogen-bond acceptors (Lipinski definition) is 3. The van der Waals surface area contributed by atoms with E-state index in [9.17, 15) is 10.0 Å². The molecule has 0 bridgehead atoms. The first-order valence-electron chi connectivity index (χ1n) is 10.6. The molecule has 0 aromatic heterocycles. The van der Waals surface area contributed by atoms with Crippen LogP contribution in [0.1, 0.15) is 0 Å². The second-order valence-corrected chi connectivity index (χ2v) is 7.75. The number of anilines is 3. The van der Waals surface area contributed by atoms with Crippen LogP contribution < -0.4 is 10.4 Å². The van der Waals surface area contributed by atoms with Crippen molar-refractivity contribution in [1.29, 1.82) is 0 Å². The molecule has 0 aliphatic rings. The Hall–Kier alpha value is -3.86. The van der Waals surface area contributed by atoms with E-state index < -0.39 is 7.12 Å². The molecule has 0 aliphatic heterocycles. The molecule has 0 fully saturated rings. The summed E-state index contributed by atoms with van der Waals surface area (Å²) in [5.41, 5.74) is 5.88. The third kappa shape index (κ3) is 4.02. The molecule has 0 radical (unpaired) electrons. The predicted octanol–water partition coefficient (Wildman–Crippen LogP) is 5.66. The average Bonchev–Trinajstić information content (AvgIpc) is 2.85. The maximum Gasteiger partial charge on any atom is 0.488 e. The van der Waals surface area contributed by atoms with E-state index in [1.165, 1.54) is 16.5 Å². The minimum absolute atomic E-state index is 0.466. The van der Waals surface area contributed by atoms with Crippen LogP contribution in [-0.4, -0.2) is 17.2 Å². The third-order valence-electron chi connectivity index (χ3n) is 5.65. The van der Waals surface area contributed by atoms with Crippen molar-refractivity contribution in [2.45, 2.75) is 0 Å². The average molecular weight is 415 g/mol. The minimum atomic E-state index is -1.48. The molecule has 0 amide bonds. The molecule has 0 unspecified atom stereocenters. The largest absolute Gasteiger partial charge is 0.488 e. The van der Waals surface area contributed by atoms with Crippen molar-refractivity contribution in [3.05, 3.63) is 121 Å². The maximum absolute atomic E-state index is 9.45. The standard InChI is InChI=1S/C28H22BNO2/c31-29(32)25-14-17-27(18-15-25)30(26-9-5-2-6-10-26)28-16-13-23-19-22(11-12-24(23)20-28)21-7-3-1-4-8-21/h1-20,31-32H. The Labute approximate surface area is 188 Å². The van der Waals surface area contributed by atoms with Gasteiger partial charge in [0, 0.05) is 17.1 Å². The van der Waals surface area contributed by atoms with E-state index >= 15 is 0 Å². The second-order valence-electron chi connectivity index (χ2n) is 7.75. The van der Waals surface area contributed by atoms with Crippen LogP contribution in [0.5, 0.6) is 0 Å². The number of para-hydroxylation sites is 1. The van der Waals surface area contributed by atoms with Gasteiger partial charge in [0.25, 0.3) is 0 Å². The van der Waals surface area contributed by atoms with Crippen LogP contribution >= 0.6 is 0 Å². The topological polar surface area (TPSA) is 43.7 Å². The van der Waals surface area contributed by atoms with Gasteiger partial charge in [0.1, 0.15) is 0 Å². The fourth-order valence-corrected chi connectivity index (χ4v) is 4.00. The lowest BCUT2D eigenvalue weighted by Gasteiger charge is -2.26. The highest BCUT2D eigenvalue weighted by Crippen LogP contribution is 2.36. The summed E-state index contributed by atoms with van der Waals surface area (Å²) in [7, 11) is -1.48. The van der Waals surface area contributed by atoms with E-state index in [1.54, 1.807) is 12.1 Å². The molecule has 0 heterocycles. The van der Waals surface area contributed by atoms with Crippen LogP contribution in [0.25, 0.3) is 21.9 Å². The Morgan fingerprint density at radius 2 is 1.03 bits per heavy atom. The van der Waals surface area contributed by atoms with Crippen molar-refractivity contribution in [1.82, 2.24) is 0 Å². The fourth-order valence-electron chi connectivity index (χ4n) is 4.00. The van der Waals surface area contributed by atoms with Gasteiger partial charge in [0.2, 0.25) is 0 Å². The molecular formula is C28H22BNO2. The van der Waals surface area contributed by atoms with E-state index in [0.29, 0.717) is 5.46 Å². The third-order valence-corrected chi connectivity index (χ3v) is 5.65. The smallest absolute Gasteiger partial charge is 0.423 e. The summed E-state index contributed by atoms with van der Waals surface area (Å²) in [6.07, 6.45) is 0. The van der Waals surface area contributed by atoms with Crippen LogP contribution in [0.15, 0.2) is 121 Å². The first kappa shape index (κ1) is 20.1. The van der Waals surface area contributed by atoms with Crippen molar-refractivity contribution in [3.8, 4) is 11.1 Å². The van der Waals surface area contributed by atoms with E-state index in [2.05, 4.69) is 77.7 Å². The molecule has 0 spiro atoms. The van der Waals surface area contributed by atoms with Gasteiger partial charge >= 0.3 is 7.12 Å². The van der Waals surface area contributed by atoms with E-state index in [1.807, 2.05) is 36.4 Å². The fraction of sp³-hybridized carbons (Fsp3) is 0. The quantitative estimate of drug-likeness (QED) is 0.364. The molecule has 5 aromatic carbocycles. The molecule has 5 rings (SSSR count). The van der Waals surface area contributed by atoms with Gasteiger partial charge in [-0.15, -0.1) is 0 Å². The van der Waals surface area contributed by atoms with Crippen molar-refractivity contribution < 1.29 is 10.0 Å². The molecular weight excluding hydrogens is 393 g/mol. The Balaban J connectivity index is 1.58. The van der Waals surface area contributed by atoms with Gasteiger partial charge in [-0.1, -0.05) is 78.9 Å². The SMILES string of the molecule is OB(O)c1ccc(N(c2ccccc2)c2ccc3cc(-c4ccccc4)ccc3c2)cc1. The minimum Gasteiger partial charge on any atom is -0.423 e. The van der Waals surface area contributed by atoms with Gasteiger partial charge in [0.05, 0.1) is 0 Å². The maximum atomic E-state index is 9.45. The van der Waals surface area contributed by atoms with Crippen molar-refractivity contribution in [3.63, 3.8) is 0 Å². The molecule has 0 atom stereocenters. The zero-order valence-electron chi connectivity index (χ0n) is 17.5. The van der Waals surface area contributed by atoms with Crippen LogP contribution in [0.3, 0.4) is 0 Å². The van der Waals surface area contributed by atoms with Crippen molar-refractivity contribution >= 4 is 40.4 Å². The Morgan fingerprint density at radius 1 is 0.469 bits per heavy atom. The number of rotatable bonds is 5. The molecule has 32 heavy (non-hydrogen) atoms. The van der Waals surface area contributed by atoms with Crippen molar-refractivity contribution in [2.75, 3.05) is 4.90 Å². The Bertz CT molecular complexity index is 1340. The lowest BCUT2D eigenvalue weighted by Crippen LogP contribution is -2.29. The summed E-state index contributed by atoms with van der Waals surface area (Å²) >= 11 is 0. The number of hydrogen-bond donors (Lipinski definition) is 2. The van der Waals surface area contributed by atoms with Gasteiger partial charge in [-0.25, -0.2) is 0 Å². The number of fused-ring (bicyclic) bond motifs is 1. The van der Waals surface area contributed by atoms with Crippen LogP contribution in [0.4, 0.5) is 17.1 Å². The highest BCUT2D eigenvalue weighted by Gasteiger charge is 2.15. The first-order chi connectivity index (χ1) is 15.7. The summed E-state index contributed by atoms with van der Waals surface area (Å²) in [4.78, 5) is 2.16. The van der Waals surface area contributed by atoms with Gasteiger partial charge in [-0.3, -0.25) is 0 Å². The molecule has 2 N–H and O–H groups in total. The summed E-state index contributed by atoms with van der Waals surface area (Å²) in [5, 5.41) is 21.2. The highest BCUT2D eigenvalue weighted by molar-refractivity contribution is 6.58. The van der Waals surface area contributed by atoms with Crippen LogP contribution in [0.2, 0.25) is 0 Å². The zero-order chi connectivity index (χ0) is 21.9. The molecule has 5 aromatic rings. The van der Waals surface area contributed by atoms with Crippen molar-refractivity contribution in [2.24, 2.45) is 0 Å². The normalized spacial score (nSPS) is 10.8. The zero-order valence-corrected chi connectivity index (χ0v) is 17.5. The van der Waals surface area contributed by atoms with Gasteiger partial charge < -0.3 is 14.9 Å². The monoisotopic (exact) mass is 415 g/mol. The lowest BCUT2D eigenvalue weighted by molar-refractivity contribution is 0.426. The van der Waals surface area contributed by atoms with Crippen LogP contribution in [0, 0.1) is 0 Å². The van der Waals surface area contributed by atoms with Gasteiger partial charge in [-0.05, 0) is 69.8 Å². The summed E-state index contributed by atoms with van der Waals surface area (Å²) in [5.74, 6) is 0. The molecule has 0 saturated carbocycles. The summed E-state index contributed by atoms with van der Waals surface area (Å²) in [6, 6.07) is 40.9. The molecule has 4 heteroatoms. The van der Waals surface area contributed by atoms with E-state index in [-0.39, 0.29) is 0 Å². The number of nitrogens with zero attached hydrogens (tertiary/aromatic N) is 1. The van der Waals surface area contributed by atoms with E-state index in [0.717, 1.165) is 22.4 Å². The Kier molecular flexibility index (Phi) is 5.47. The molecule has 0 aliphatic carbocycles. The van der Waals surface area contributed by atoms with Crippen LogP contribution in [-0.2, 0) is 0 Å². The number of benzene rings is 5. The second kappa shape index (κ2) is 8.71. The molecule has 3 nitrogen and oxygen atoms in total. The highest BCUT2D eigenvalue weighted by atomic mass is 16.4. The summed E-state index contributed by atoms with van der Waals surface area (Å²) in [6.45, 7) is 0. The first-order valence-corrected chi connectivity index (χ1v) is 10.6. The molecule has 154 valence electrons.